The van der Waals surface area contributed by atoms with Gasteiger partial charge in [-0.25, -0.2) is 0 Å². The van der Waals surface area contributed by atoms with Gasteiger partial charge in [0.15, 0.2) is 0 Å². The minimum atomic E-state index is 0.000615. The standard InChI is InChI=1S/C17H23ClN2O2S/c1-11-7-13(18)8-15(12(2)10-23)17(11)22-14-3-5-20(6-4-14)16(21)9-19/h7-8,10,14,23H,3-6,9,19H2,1-2H3/b12-10-. The summed E-state index contributed by atoms with van der Waals surface area (Å²) in [6, 6.07) is 3.80. The van der Waals surface area contributed by atoms with Gasteiger partial charge in [0.05, 0.1) is 6.54 Å². The van der Waals surface area contributed by atoms with Crippen LogP contribution in [-0.4, -0.2) is 36.5 Å². The fourth-order valence-corrected chi connectivity index (χ4v) is 3.18. The maximum Gasteiger partial charge on any atom is 0.236 e. The molecule has 1 aliphatic heterocycles. The van der Waals surface area contributed by atoms with E-state index in [0.717, 1.165) is 35.3 Å². The molecule has 4 nitrogen and oxygen atoms in total. The molecular weight excluding hydrogens is 332 g/mol. The first-order chi connectivity index (χ1) is 11.0. The van der Waals surface area contributed by atoms with E-state index in [-0.39, 0.29) is 18.6 Å². The van der Waals surface area contributed by atoms with Crippen molar-refractivity contribution in [3.8, 4) is 5.75 Å². The smallest absolute Gasteiger partial charge is 0.236 e. The van der Waals surface area contributed by atoms with Crippen molar-refractivity contribution in [1.29, 1.82) is 0 Å². The Morgan fingerprint density at radius 1 is 1.48 bits per heavy atom. The van der Waals surface area contributed by atoms with Gasteiger partial charge in [0.2, 0.25) is 5.91 Å². The van der Waals surface area contributed by atoms with Gasteiger partial charge in [-0.15, -0.1) is 0 Å². The average Bonchev–Trinajstić information content (AvgIpc) is 2.56. The quantitative estimate of drug-likeness (QED) is 0.816. The molecule has 126 valence electrons. The molecule has 6 heteroatoms. The Morgan fingerprint density at radius 2 is 2.13 bits per heavy atom. The van der Waals surface area contributed by atoms with Crippen LogP contribution >= 0.6 is 24.2 Å². The third kappa shape index (κ3) is 4.43. The van der Waals surface area contributed by atoms with Gasteiger partial charge in [0.1, 0.15) is 11.9 Å². The Labute approximate surface area is 148 Å². The molecule has 1 aromatic carbocycles. The lowest BCUT2D eigenvalue weighted by molar-refractivity contribution is -0.131. The predicted octanol–water partition coefficient (Wildman–Crippen LogP) is 3.27. The molecule has 1 fully saturated rings. The van der Waals surface area contributed by atoms with E-state index in [2.05, 4.69) is 12.6 Å². The number of nitrogens with two attached hydrogens (primary N) is 1. The summed E-state index contributed by atoms with van der Waals surface area (Å²) in [5.74, 6) is 0.849. The minimum Gasteiger partial charge on any atom is -0.489 e. The normalized spacial score (nSPS) is 16.6. The zero-order chi connectivity index (χ0) is 17.0. The summed E-state index contributed by atoms with van der Waals surface area (Å²) in [7, 11) is 0. The molecule has 1 aliphatic rings. The predicted molar refractivity (Wildman–Crippen MR) is 98.1 cm³/mol. The highest BCUT2D eigenvalue weighted by Crippen LogP contribution is 2.34. The summed E-state index contributed by atoms with van der Waals surface area (Å²) < 4.78 is 6.25. The summed E-state index contributed by atoms with van der Waals surface area (Å²) >= 11 is 10.4. The number of carbonyl (C=O) groups excluding carboxylic acids is 1. The van der Waals surface area contributed by atoms with Gasteiger partial charge in [0, 0.05) is 36.5 Å². The van der Waals surface area contributed by atoms with Crippen molar-refractivity contribution in [1.82, 2.24) is 4.90 Å². The van der Waals surface area contributed by atoms with Crippen molar-refractivity contribution in [3.05, 3.63) is 33.7 Å². The van der Waals surface area contributed by atoms with Gasteiger partial charge < -0.3 is 15.4 Å². The molecule has 1 heterocycles. The number of piperidine rings is 1. The molecule has 1 saturated heterocycles. The Morgan fingerprint density at radius 3 is 2.70 bits per heavy atom. The maximum atomic E-state index is 11.6. The molecule has 0 spiro atoms. The van der Waals surface area contributed by atoms with Gasteiger partial charge in [-0.05, 0) is 42.5 Å². The van der Waals surface area contributed by atoms with Crippen LogP contribution in [0.3, 0.4) is 0 Å². The number of hydrogen-bond acceptors (Lipinski definition) is 4. The van der Waals surface area contributed by atoms with Crippen molar-refractivity contribution in [2.45, 2.75) is 32.8 Å². The monoisotopic (exact) mass is 354 g/mol. The molecule has 0 aliphatic carbocycles. The van der Waals surface area contributed by atoms with Crippen LogP contribution in [0, 0.1) is 6.92 Å². The molecule has 2 rings (SSSR count). The third-order valence-electron chi connectivity index (χ3n) is 4.11. The first-order valence-electron chi connectivity index (χ1n) is 7.72. The van der Waals surface area contributed by atoms with Gasteiger partial charge in [-0.1, -0.05) is 11.6 Å². The second-order valence-corrected chi connectivity index (χ2v) is 6.51. The molecule has 0 radical (unpaired) electrons. The van der Waals surface area contributed by atoms with Crippen LogP contribution in [0.2, 0.25) is 5.02 Å². The molecular formula is C17H23ClN2O2S. The summed E-state index contributed by atoms with van der Waals surface area (Å²) in [6.45, 7) is 5.41. The van der Waals surface area contributed by atoms with Crippen LogP contribution in [0.5, 0.6) is 5.75 Å². The topological polar surface area (TPSA) is 55.6 Å². The van der Waals surface area contributed by atoms with Crippen LogP contribution in [0.4, 0.5) is 0 Å². The van der Waals surface area contributed by atoms with Crippen LogP contribution < -0.4 is 10.5 Å². The highest BCUT2D eigenvalue weighted by molar-refractivity contribution is 7.83. The number of thiol groups is 1. The molecule has 0 unspecified atom stereocenters. The summed E-state index contributed by atoms with van der Waals surface area (Å²) in [4.78, 5) is 13.4. The lowest BCUT2D eigenvalue weighted by atomic mass is 10.0. The minimum absolute atomic E-state index is 0.000615. The maximum absolute atomic E-state index is 11.6. The Hall–Kier alpha value is -1.17. The number of ether oxygens (including phenoxy) is 1. The lowest BCUT2D eigenvalue weighted by Crippen LogP contribution is -2.44. The van der Waals surface area contributed by atoms with Crippen molar-refractivity contribution in [2.75, 3.05) is 19.6 Å². The number of benzene rings is 1. The third-order valence-corrected chi connectivity index (χ3v) is 4.72. The van der Waals surface area contributed by atoms with Gasteiger partial charge in [-0.3, -0.25) is 4.79 Å². The number of likely N-dealkylation sites (tertiary alicyclic amines) is 1. The second-order valence-electron chi connectivity index (χ2n) is 5.81. The molecule has 0 atom stereocenters. The highest BCUT2D eigenvalue weighted by Gasteiger charge is 2.24. The number of rotatable bonds is 4. The average molecular weight is 355 g/mol. The number of halogens is 1. The van der Waals surface area contributed by atoms with Gasteiger partial charge in [0.25, 0.3) is 0 Å². The van der Waals surface area contributed by atoms with E-state index in [0.29, 0.717) is 18.1 Å². The molecule has 23 heavy (non-hydrogen) atoms. The summed E-state index contributed by atoms with van der Waals surface area (Å²) in [5, 5.41) is 2.43. The van der Waals surface area contributed by atoms with Crippen molar-refractivity contribution in [3.63, 3.8) is 0 Å². The molecule has 0 saturated carbocycles. The molecule has 2 N–H and O–H groups in total. The second kappa shape index (κ2) is 8.08. The first kappa shape index (κ1) is 18.2. The van der Waals surface area contributed by atoms with Crippen molar-refractivity contribution >= 4 is 35.7 Å². The highest BCUT2D eigenvalue weighted by atomic mass is 35.5. The fraction of sp³-hybridized carbons (Fsp3) is 0.471. The number of nitrogens with zero attached hydrogens (tertiary/aromatic N) is 1. The van der Waals surface area contributed by atoms with E-state index in [1.165, 1.54) is 0 Å². The Kier molecular flexibility index (Phi) is 6.39. The van der Waals surface area contributed by atoms with E-state index < -0.39 is 0 Å². The van der Waals surface area contributed by atoms with Crippen LogP contribution in [0.15, 0.2) is 17.5 Å². The van der Waals surface area contributed by atoms with Crippen LogP contribution in [-0.2, 0) is 4.79 Å². The van der Waals surface area contributed by atoms with E-state index in [1.54, 1.807) is 10.3 Å². The lowest BCUT2D eigenvalue weighted by Gasteiger charge is -2.32. The van der Waals surface area contributed by atoms with Gasteiger partial charge in [-0.2, -0.15) is 12.6 Å². The number of allylic oxidation sites excluding steroid dienone is 1. The van der Waals surface area contributed by atoms with E-state index in [4.69, 9.17) is 22.1 Å². The van der Waals surface area contributed by atoms with E-state index in [1.807, 2.05) is 26.0 Å². The molecule has 1 amide bonds. The van der Waals surface area contributed by atoms with Gasteiger partial charge >= 0.3 is 0 Å². The number of amides is 1. The SMILES string of the molecule is C/C(=C/S)c1cc(Cl)cc(C)c1OC1CCN(C(=O)CN)CC1. The summed E-state index contributed by atoms with van der Waals surface area (Å²) in [5.41, 5.74) is 8.39. The zero-order valence-corrected chi connectivity index (χ0v) is 15.2. The number of carbonyl (C=O) groups is 1. The van der Waals surface area contributed by atoms with Crippen LogP contribution in [0.25, 0.3) is 5.57 Å². The van der Waals surface area contributed by atoms with Crippen molar-refractivity contribution < 1.29 is 9.53 Å². The Balaban J connectivity index is 2.14. The molecule has 1 aromatic rings. The number of hydrogen-bond donors (Lipinski definition) is 2. The van der Waals surface area contributed by atoms with E-state index in [9.17, 15) is 4.79 Å². The summed E-state index contributed by atoms with van der Waals surface area (Å²) in [6.07, 6.45) is 1.69. The van der Waals surface area contributed by atoms with Crippen LogP contribution in [0.1, 0.15) is 30.9 Å². The Bertz CT molecular complexity index is 611. The van der Waals surface area contributed by atoms with E-state index >= 15 is 0 Å². The van der Waals surface area contributed by atoms with Crippen molar-refractivity contribution in [2.24, 2.45) is 5.73 Å². The zero-order valence-electron chi connectivity index (χ0n) is 13.5. The molecule has 0 bridgehead atoms. The number of aryl methyl sites for hydroxylation is 1. The molecule has 0 aromatic heterocycles. The largest absolute Gasteiger partial charge is 0.489 e. The fourth-order valence-electron chi connectivity index (χ4n) is 2.77. The first-order valence-corrected chi connectivity index (χ1v) is 8.61.